The molecule has 2 heterocycles. The first-order valence-electron chi connectivity index (χ1n) is 11.9. The lowest BCUT2D eigenvalue weighted by Crippen LogP contribution is -2.46. The van der Waals surface area contributed by atoms with Crippen LogP contribution in [0.25, 0.3) is 6.08 Å². The number of carbonyl (C=O) groups is 1. The Bertz CT molecular complexity index is 1100. The molecule has 0 saturated carbocycles. The Balaban J connectivity index is 1.40. The fraction of sp³-hybridized carbons (Fsp3) is 0.379. The minimum Gasteiger partial charge on any atom is -0.497 e. The van der Waals surface area contributed by atoms with Gasteiger partial charge in [0.1, 0.15) is 11.4 Å². The molecule has 0 aliphatic carbocycles. The van der Waals surface area contributed by atoms with Crippen molar-refractivity contribution in [3.8, 4) is 5.75 Å². The minimum absolute atomic E-state index is 0.0596. The molecule has 2 aliphatic rings. The summed E-state index contributed by atoms with van der Waals surface area (Å²) < 4.78 is 5.34. The van der Waals surface area contributed by atoms with Gasteiger partial charge in [-0.25, -0.2) is 0 Å². The quantitative estimate of drug-likeness (QED) is 0.416. The molecule has 2 aromatic carbocycles. The second kappa shape index (κ2) is 9.88. The van der Waals surface area contributed by atoms with E-state index in [1.54, 1.807) is 13.2 Å². The molecule has 0 aromatic heterocycles. The van der Waals surface area contributed by atoms with E-state index in [0.29, 0.717) is 13.1 Å². The number of ether oxygens (including phenoxy) is 1. The van der Waals surface area contributed by atoms with Crippen molar-refractivity contribution in [3.63, 3.8) is 0 Å². The lowest BCUT2D eigenvalue weighted by molar-refractivity contribution is -0.131. The Morgan fingerprint density at radius 1 is 1.09 bits per heavy atom. The Morgan fingerprint density at radius 3 is 2.50 bits per heavy atom. The van der Waals surface area contributed by atoms with Gasteiger partial charge < -0.3 is 14.5 Å². The summed E-state index contributed by atoms with van der Waals surface area (Å²) >= 11 is 0. The van der Waals surface area contributed by atoms with Gasteiger partial charge in [0.25, 0.3) is 0 Å². The molecule has 2 aliphatic heterocycles. The third kappa shape index (κ3) is 5.58. The highest BCUT2D eigenvalue weighted by Gasteiger charge is 2.43. The number of methoxy groups -OCH3 is 1. The van der Waals surface area contributed by atoms with Crippen LogP contribution in [0.4, 0.5) is 0 Å². The van der Waals surface area contributed by atoms with Gasteiger partial charge in [-0.3, -0.25) is 4.79 Å². The summed E-state index contributed by atoms with van der Waals surface area (Å²) in [5, 5.41) is 4.40. The molecule has 0 bridgehead atoms. The molecule has 2 aromatic rings. The number of benzene rings is 2. The standard InChI is InChI=1S/C29H34N2O3/c1-28(2,3)24(14-13-22-9-6-5-7-10-22)20-27(32)31-17-15-29(16-18-31)21-26(30-34-29)23-11-8-12-25(19-23)33-4/h5-14,19-20H,15-18,21H2,1-4H3/b14-13+,24-20-. The third-order valence-corrected chi connectivity index (χ3v) is 6.63. The predicted octanol–water partition coefficient (Wildman–Crippen LogP) is 5.87. The smallest absolute Gasteiger partial charge is 0.246 e. The van der Waals surface area contributed by atoms with Crippen molar-refractivity contribution < 1.29 is 14.4 Å². The van der Waals surface area contributed by atoms with Gasteiger partial charge in [0, 0.05) is 44.0 Å². The van der Waals surface area contributed by atoms with Crippen LogP contribution < -0.4 is 4.74 Å². The molecule has 5 nitrogen and oxygen atoms in total. The number of likely N-dealkylation sites (tertiary alicyclic amines) is 1. The summed E-state index contributed by atoms with van der Waals surface area (Å²) in [5.74, 6) is 0.869. The summed E-state index contributed by atoms with van der Waals surface area (Å²) in [5.41, 5.74) is 3.65. The Hall–Kier alpha value is -3.34. The van der Waals surface area contributed by atoms with E-state index in [2.05, 4.69) is 50.2 Å². The summed E-state index contributed by atoms with van der Waals surface area (Å²) in [4.78, 5) is 21.0. The molecule has 0 N–H and O–H groups in total. The van der Waals surface area contributed by atoms with E-state index in [-0.39, 0.29) is 16.9 Å². The maximum absolute atomic E-state index is 13.2. The van der Waals surface area contributed by atoms with Crippen molar-refractivity contribution in [1.29, 1.82) is 0 Å². The molecule has 0 atom stereocenters. The number of carbonyl (C=O) groups excluding carboxylic acids is 1. The van der Waals surface area contributed by atoms with Gasteiger partial charge in [-0.05, 0) is 28.7 Å². The van der Waals surface area contributed by atoms with Crippen LogP contribution in [0.3, 0.4) is 0 Å². The van der Waals surface area contributed by atoms with Gasteiger partial charge in [-0.1, -0.05) is 80.5 Å². The Labute approximate surface area is 202 Å². The fourth-order valence-electron chi connectivity index (χ4n) is 4.37. The van der Waals surface area contributed by atoms with Gasteiger partial charge in [-0.2, -0.15) is 0 Å². The van der Waals surface area contributed by atoms with Gasteiger partial charge >= 0.3 is 0 Å². The van der Waals surface area contributed by atoms with Gasteiger partial charge in [-0.15, -0.1) is 0 Å². The largest absolute Gasteiger partial charge is 0.497 e. The highest BCUT2D eigenvalue weighted by Crippen LogP contribution is 2.37. The molecule has 5 heteroatoms. The van der Waals surface area contributed by atoms with Crippen molar-refractivity contribution in [2.45, 2.75) is 45.6 Å². The highest BCUT2D eigenvalue weighted by molar-refractivity contribution is 6.02. The number of nitrogens with zero attached hydrogens (tertiary/aromatic N) is 2. The van der Waals surface area contributed by atoms with Crippen LogP contribution >= 0.6 is 0 Å². The average Bonchev–Trinajstić information content (AvgIpc) is 3.25. The molecule has 4 rings (SSSR count). The van der Waals surface area contributed by atoms with E-state index in [4.69, 9.17) is 9.57 Å². The topological polar surface area (TPSA) is 51.1 Å². The zero-order valence-corrected chi connectivity index (χ0v) is 20.6. The lowest BCUT2D eigenvalue weighted by Gasteiger charge is -2.37. The van der Waals surface area contributed by atoms with Crippen molar-refractivity contribution in [2.24, 2.45) is 10.6 Å². The lowest BCUT2D eigenvalue weighted by atomic mass is 9.84. The molecule has 1 spiro atoms. The first kappa shape index (κ1) is 23.8. The van der Waals surface area contributed by atoms with E-state index in [0.717, 1.165) is 47.4 Å². The summed E-state index contributed by atoms with van der Waals surface area (Å²) in [7, 11) is 1.66. The van der Waals surface area contributed by atoms with Crippen LogP contribution in [-0.2, 0) is 9.63 Å². The summed E-state index contributed by atoms with van der Waals surface area (Å²) in [6, 6.07) is 18.1. The molecule has 1 amide bonds. The monoisotopic (exact) mass is 458 g/mol. The van der Waals surface area contributed by atoms with Crippen LogP contribution in [0.1, 0.15) is 51.2 Å². The number of rotatable bonds is 5. The van der Waals surface area contributed by atoms with Gasteiger partial charge in [0.2, 0.25) is 5.91 Å². The van der Waals surface area contributed by atoms with Crippen molar-refractivity contribution in [1.82, 2.24) is 4.90 Å². The van der Waals surface area contributed by atoms with Gasteiger partial charge in [0.15, 0.2) is 0 Å². The molecule has 178 valence electrons. The van der Waals surface area contributed by atoms with Crippen LogP contribution in [0, 0.1) is 5.41 Å². The number of amides is 1. The van der Waals surface area contributed by atoms with Crippen LogP contribution in [-0.4, -0.2) is 42.3 Å². The number of allylic oxidation sites excluding steroid dienone is 2. The number of hydrogen-bond donors (Lipinski definition) is 0. The number of oxime groups is 1. The number of hydrogen-bond acceptors (Lipinski definition) is 4. The first-order valence-corrected chi connectivity index (χ1v) is 11.9. The normalized spacial score (nSPS) is 18.2. The molecule has 0 radical (unpaired) electrons. The number of piperidine rings is 1. The second-order valence-corrected chi connectivity index (χ2v) is 10.1. The molecule has 1 saturated heterocycles. The van der Waals surface area contributed by atoms with E-state index >= 15 is 0 Å². The van der Waals surface area contributed by atoms with Crippen molar-refractivity contribution >= 4 is 17.7 Å². The van der Waals surface area contributed by atoms with Gasteiger partial charge in [0.05, 0.1) is 12.8 Å². The molecular formula is C29H34N2O3. The predicted molar refractivity (Wildman–Crippen MR) is 137 cm³/mol. The van der Waals surface area contributed by atoms with Crippen molar-refractivity contribution in [2.75, 3.05) is 20.2 Å². The van der Waals surface area contributed by atoms with E-state index in [1.165, 1.54) is 0 Å². The molecular weight excluding hydrogens is 424 g/mol. The zero-order chi connectivity index (χ0) is 24.2. The summed E-state index contributed by atoms with van der Waals surface area (Å²) in [6.45, 7) is 7.73. The maximum Gasteiger partial charge on any atom is 0.246 e. The fourth-order valence-corrected chi connectivity index (χ4v) is 4.37. The Morgan fingerprint density at radius 2 is 1.82 bits per heavy atom. The molecule has 0 unspecified atom stereocenters. The van der Waals surface area contributed by atoms with Crippen molar-refractivity contribution in [3.05, 3.63) is 83.4 Å². The van der Waals surface area contributed by atoms with E-state index < -0.39 is 0 Å². The molecule has 1 fully saturated rings. The average molecular weight is 459 g/mol. The third-order valence-electron chi connectivity index (χ3n) is 6.63. The van der Waals surface area contributed by atoms with Crippen LogP contribution in [0.15, 0.2) is 77.5 Å². The highest BCUT2D eigenvalue weighted by atomic mass is 16.7. The maximum atomic E-state index is 13.2. The Kier molecular flexibility index (Phi) is 6.92. The summed E-state index contributed by atoms with van der Waals surface area (Å²) in [6.07, 6.45) is 8.23. The minimum atomic E-state index is -0.320. The molecule has 34 heavy (non-hydrogen) atoms. The van der Waals surface area contributed by atoms with E-state index in [9.17, 15) is 4.79 Å². The zero-order valence-electron chi connectivity index (χ0n) is 20.6. The SMILES string of the molecule is COc1cccc(C2=NOC3(CCN(C(=O)/C=C(/C=C/c4ccccc4)C(C)(C)C)CC3)C2)c1. The first-order chi connectivity index (χ1) is 16.3. The van der Waals surface area contributed by atoms with E-state index in [1.807, 2.05) is 47.4 Å². The van der Waals surface area contributed by atoms with Crippen LogP contribution in [0.2, 0.25) is 0 Å². The van der Waals surface area contributed by atoms with Crippen LogP contribution in [0.5, 0.6) is 5.75 Å². The second-order valence-electron chi connectivity index (χ2n) is 10.1.